The van der Waals surface area contributed by atoms with Crippen LogP contribution < -0.4 is 4.90 Å². The van der Waals surface area contributed by atoms with Crippen LogP contribution in [0.4, 0.5) is 10.5 Å². The highest BCUT2D eigenvalue weighted by Crippen LogP contribution is 2.27. The first kappa shape index (κ1) is 19.2. The van der Waals surface area contributed by atoms with E-state index in [4.69, 9.17) is 0 Å². The SMILES string of the molecule is Cc1nn(C)c(C)c1C(=O)N1CCC(N2CC(=O)N(c3ccccc3)C2=O)CC1. The Hall–Kier alpha value is -3.16. The van der Waals surface area contributed by atoms with Crippen molar-refractivity contribution >= 4 is 23.5 Å². The lowest BCUT2D eigenvalue weighted by atomic mass is 10.0. The highest BCUT2D eigenvalue weighted by molar-refractivity contribution is 6.19. The van der Waals surface area contributed by atoms with E-state index in [1.54, 1.807) is 21.7 Å². The summed E-state index contributed by atoms with van der Waals surface area (Å²) in [7, 11) is 1.83. The van der Waals surface area contributed by atoms with Gasteiger partial charge in [0.05, 0.1) is 16.9 Å². The largest absolute Gasteiger partial charge is 0.338 e. The summed E-state index contributed by atoms with van der Waals surface area (Å²) in [5.74, 6) is -0.220. The number of likely N-dealkylation sites (tertiary alicyclic amines) is 1. The van der Waals surface area contributed by atoms with Crippen molar-refractivity contribution in [1.82, 2.24) is 19.6 Å². The van der Waals surface area contributed by atoms with Crippen LogP contribution in [0.5, 0.6) is 0 Å². The zero-order valence-corrected chi connectivity index (χ0v) is 17.0. The van der Waals surface area contributed by atoms with Gasteiger partial charge < -0.3 is 9.80 Å². The number of carbonyl (C=O) groups is 3. The maximum Gasteiger partial charge on any atom is 0.332 e. The molecule has 152 valence electrons. The van der Waals surface area contributed by atoms with Crippen LogP contribution in [-0.2, 0) is 11.8 Å². The summed E-state index contributed by atoms with van der Waals surface area (Å²) in [4.78, 5) is 43.0. The third-order valence-corrected chi connectivity index (χ3v) is 5.92. The topological polar surface area (TPSA) is 78.8 Å². The number of para-hydroxylation sites is 1. The van der Waals surface area contributed by atoms with Crippen molar-refractivity contribution in [3.63, 3.8) is 0 Å². The second-order valence-corrected chi connectivity index (χ2v) is 7.67. The van der Waals surface area contributed by atoms with Gasteiger partial charge in [-0.25, -0.2) is 9.69 Å². The molecule has 2 aliphatic heterocycles. The Labute approximate surface area is 169 Å². The maximum absolute atomic E-state index is 13.0. The zero-order chi connectivity index (χ0) is 20.7. The number of hydrogen-bond acceptors (Lipinski definition) is 4. The Bertz CT molecular complexity index is 960. The molecule has 29 heavy (non-hydrogen) atoms. The number of amides is 4. The molecule has 0 aliphatic carbocycles. The Morgan fingerprint density at radius 3 is 2.31 bits per heavy atom. The quantitative estimate of drug-likeness (QED) is 0.746. The van der Waals surface area contributed by atoms with Gasteiger partial charge in [0.25, 0.3) is 11.8 Å². The molecule has 2 aliphatic rings. The minimum atomic E-state index is -0.273. The number of urea groups is 1. The zero-order valence-electron chi connectivity index (χ0n) is 17.0. The molecule has 0 radical (unpaired) electrons. The molecule has 0 N–H and O–H groups in total. The molecule has 8 heteroatoms. The molecule has 4 amide bonds. The van der Waals surface area contributed by atoms with Gasteiger partial charge in [-0.1, -0.05) is 18.2 Å². The summed E-state index contributed by atoms with van der Waals surface area (Å²) in [5.41, 5.74) is 2.85. The van der Waals surface area contributed by atoms with Crippen LogP contribution in [0.2, 0.25) is 0 Å². The lowest BCUT2D eigenvalue weighted by molar-refractivity contribution is -0.116. The molecule has 2 saturated heterocycles. The number of anilines is 1. The smallest absolute Gasteiger partial charge is 0.332 e. The third-order valence-electron chi connectivity index (χ3n) is 5.92. The Morgan fingerprint density at radius 2 is 1.72 bits per heavy atom. The van der Waals surface area contributed by atoms with Gasteiger partial charge in [0.1, 0.15) is 6.54 Å². The van der Waals surface area contributed by atoms with Crippen molar-refractivity contribution in [1.29, 1.82) is 0 Å². The predicted molar refractivity (Wildman–Crippen MR) is 108 cm³/mol. The number of aryl methyl sites for hydroxylation is 2. The van der Waals surface area contributed by atoms with Gasteiger partial charge in [0.2, 0.25) is 0 Å². The molecule has 3 heterocycles. The minimum absolute atomic E-state index is 0.0127. The number of rotatable bonds is 3. The van der Waals surface area contributed by atoms with Gasteiger partial charge in [0.15, 0.2) is 0 Å². The van der Waals surface area contributed by atoms with Crippen molar-refractivity contribution in [2.45, 2.75) is 32.7 Å². The fourth-order valence-electron chi connectivity index (χ4n) is 4.26. The molecule has 2 fully saturated rings. The van der Waals surface area contributed by atoms with E-state index in [0.717, 1.165) is 11.4 Å². The highest BCUT2D eigenvalue weighted by atomic mass is 16.2. The van der Waals surface area contributed by atoms with Gasteiger partial charge in [0, 0.05) is 31.9 Å². The molecular weight excluding hydrogens is 370 g/mol. The van der Waals surface area contributed by atoms with Gasteiger partial charge in [-0.05, 0) is 38.8 Å². The Balaban J connectivity index is 1.43. The van der Waals surface area contributed by atoms with Gasteiger partial charge in [-0.2, -0.15) is 5.10 Å². The van der Waals surface area contributed by atoms with Crippen LogP contribution in [0.15, 0.2) is 30.3 Å². The molecule has 2 aromatic rings. The lowest BCUT2D eigenvalue weighted by Gasteiger charge is -2.36. The van der Waals surface area contributed by atoms with E-state index >= 15 is 0 Å². The van der Waals surface area contributed by atoms with Gasteiger partial charge in [-0.3, -0.25) is 14.3 Å². The van der Waals surface area contributed by atoms with E-state index in [0.29, 0.717) is 37.2 Å². The summed E-state index contributed by atoms with van der Waals surface area (Å²) in [6.45, 7) is 4.95. The van der Waals surface area contributed by atoms with E-state index < -0.39 is 0 Å². The normalized spacial score (nSPS) is 18.1. The number of imide groups is 1. The van der Waals surface area contributed by atoms with E-state index in [-0.39, 0.29) is 30.4 Å². The standard InChI is InChI=1S/C21H25N5O3/c1-14-19(15(2)23(3)22-14)20(28)24-11-9-16(10-12-24)25-13-18(27)26(21(25)29)17-7-5-4-6-8-17/h4-8,16H,9-13H2,1-3H3. The van der Waals surface area contributed by atoms with Crippen molar-refractivity contribution in [2.75, 3.05) is 24.5 Å². The van der Waals surface area contributed by atoms with Gasteiger partial charge >= 0.3 is 6.03 Å². The minimum Gasteiger partial charge on any atom is -0.338 e. The summed E-state index contributed by atoms with van der Waals surface area (Å²) in [6, 6.07) is 8.68. The molecule has 1 aromatic carbocycles. The van der Waals surface area contributed by atoms with Crippen molar-refractivity contribution in [3.8, 4) is 0 Å². The van der Waals surface area contributed by atoms with E-state index in [2.05, 4.69) is 5.10 Å². The number of carbonyl (C=O) groups excluding carboxylic acids is 3. The predicted octanol–water partition coefficient (Wildman–Crippen LogP) is 2.11. The lowest BCUT2D eigenvalue weighted by Crippen LogP contribution is -2.48. The average molecular weight is 395 g/mol. The van der Waals surface area contributed by atoms with Crippen molar-refractivity contribution in [2.24, 2.45) is 7.05 Å². The van der Waals surface area contributed by atoms with Crippen molar-refractivity contribution in [3.05, 3.63) is 47.3 Å². The molecule has 0 saturated carbocycles. The number of nitrogens with zero attached hydrogens (tertiary/aromatic N) is 5. The first-order valence-electron chi connectivity index (χ1n) is 9.86. The van der Waals surface area contributed by atoms with Crippen LogP contribution in [0, 0.1) is 13.8 Å². The number of hydrogen-bond donors (Lipinski definition) is 0. The molecule has 4 rings (SSSR count). The van der Waals surface area contributed by atoms with Crippen LogP contribution >= 0.6 is 0 Å². The van der Waals surface area contributed by atoms with Crippen LogP contribution in [0.1, 0.15) is 34.6 Å². The Kier molecular flexibility index (Phi) is 4.86. The number of piperidine rings is 1. The third kappa shape index (κ3) is 3.28. The highest BCUT2D eigenvalue weighted by Gasteiger charge is 2.42. The summed E-state index contributed by atoms with van der Waals surface area (Å²) in [5, 5.41) is 4.33. The summed E-state index contributed by atoms with van der Waals surface area (Å²) in [6.07, 6.45) is 1.32. The molecule has 0 unspecified atom stereocenters. The average Bonchev–Trinajstić information content (AvgIpc) is 3.16. The first-order valence-corrected chi connectivity index (χ1v) is 9.86. The number of benzene rings is 1. The Morgan fingerprint density at radius 1 is 1.07 bits per heavy atom. The van der Waals surface area contributed by atoms with Crippen molar-refractivity contribution < 1.29 is 14.4 Å². The second kappa shape index (κ2) is 7.35. The van der Waals surface area contributed by atoms with Crippen LogP contribution in [0.25, 0.3) is 0 Å². The molecule has 8 nitrogen and oxygen atoms in total. The molecule has 0 spiro atoms. The summed E-state index contributed by atoms with van der Waals surface area (Å²) < 4.78 is 1.72. The van der Waals surface area contributed by atoms with Gasteiger partial charge in [-0.15, -0.1) is 0 Å². The van der Waals surface area contributed by atoms with Crippen LogP contribution in [-0.4, -0.2) is 63.1 Å². The molecule has 0 bridgehead atoms. The molecule has 1 aromatic heterocycles. The fourth-order valence-corrected chi connectivity index (χ4v) is 4.26. The first-order chi connectivity index (χ1) is 13.9. The van der Waals surface area contributed by atoms with E-state index in [1.807, 2.05) is 44.0 Å². The maximum atomic E-state index is 13.0. The monoisotopic (exact) mass is 395 g/mol. The van der Waals surface area contributed by atoms with Crippen LogP contribution in [0.3, 0.4) is 0 Å². The number of aromatic nitrogens is 2. The molecular formula is C21H25N5O3. The second-order valence-electron chi connectivity index (χ2n) is 7.67. The van der Waals surface area contributed by atoms with E-state index in [9.17, 15) is 14.4 Å². The molecule has 0 atom stereocenters. The van der Waals surface area contributed by atoms with E-state index in [1.165, 1.54) is 4.90 Å². The fraction of sp³-hybridized carbons (Fsp3) is 0.429. The summed E-state index contributed by atoms with van der Waals surface area (Å²) >= 11 is 0.